The molecule has 4 rings (SSSR count). The summed E-state index contributed by atoms with van der Waals surface area (Å²) in [5, 5.41) is 0. The van der Waals surface area contributed by atoms with Crippen LogP contribution in [0.25, 0.3) is 0 Å². The van der Waals surface area contributed by atoms with E-state index in [0.29, 0.717) is 24.5 Å². The summed E-state index contributed by atoms with van der Waals surface area (Å²) in [6.07, 6.45) is 6.22. The molecule has 7 heteroatoms. The zero-order chi connectivity index (χ0) is 16.8. The fourth-order valence-corrected chi connectivity index (χ4v) is 6.18. The molecule has 24 heavy (non-hydrogen) atoms. The molecule has 2 aliphatic heterocycles. The van der Waals surface area contributed by atoms with Crippen molar-refractivity contribution in [3.8, 4) is 0 Å². The van der Waals surface area contributed by atoms with E-state index in [4.69, 9.17) is 4.74 Å². The van der Waals surface area contributed by atoms with Gasteiger partial charge in [-0.15, -0.1) is 0 Å². The van der Waals surface area contributed by atoms with E-state index in [1.54, 1.807) is 23.2 Å². The van der Waals surface area contributed by atoms with Crippen molar-refractivity contribution in [2.45, 2.75) is 24.0 Å². The Morgan fingerprint density at radius 3 is 2.75 bits per heavy atom. The fraction of sp³-hybridized carbons (Fsp3) is 0.647. The van der Waals surface area contributed by atoms with Crippen LogP contribution in [0.5, 0.6) is 0 Å². The van der Waals surface area contributed by atoms with E-state index >= 15 is 0 Å². The van der Waals surface area contributed by atoms with Gasteiger partial charge in [-0.05, 0) is 37.3 Å². The third kappa shape index (κ3) is 2.63. The van der Waals surface area contributed by atoms with E-state index in [1.165, 1.54) is 19.0 Å². The van der Waals surface area contributed by atoms with E-state index in [2.05, 4.69) is 4.98 Å². The largest absolute Gasteiger partial charge is 0.381 e. The van der Waals surface area contributed by atoms with Gasteiger partial charge in [0, 0.05) is 38.0 Å². The van der Waals surface area contributed by atoms with Gasteiger partial charge in [0.2, 0.25) is 0 Å². The number of sulfone groups is 1. The molecule has 2 saturated heterocycles. The molecular weight excluding hydrogens is 328 g/mol. The molecule has 1 saturated carbocycles. The lowest BCUT2D eigenvalue weighted by molar-refractivity contribution is 0.0228. The Kier molecular flexibility index (Phi) is 3.88. The standard InChI is InChI=1S/C17H22N2O4S/c20-16(14-2-1-6-18-8-14)19-11-17(12-19)15(5-7-24(17,21)22)10-23-9-13-3-4-13/h1-2,6,8,13,15H,3-5,7,9-12H2/t15-/m0/s1. The molecule has 0 bridgehead atoms. The zero-order valence-corrected chi connectivity index (χ0v) is 14.4. The van der Waals surface area contributed by atoms with Gasteiger partial charge < -0.3 is 9.64 Å². The van der Waals surface area contributed by atoms with Crippen LogP contribution in [-0.2, 0) is 14.6 Å². The molecule has 3 heterocycles. The van der Waals surface area contributed by atoms with Gasteiger partial charge >= 0.3 is 0 Å². The molecule has 0 unspecified atom stereocenters. The lowest BCUT2D eigenvalue weighted by Gasteiger charge is -2.49. The predicted molar refractivity (Wildman–Crippen MR) is 88.3 cm³/mol. The van der Waals surface area contributed by atoms with Gasteiger partial charge in [-0.1, -0.05) is 0 Å². The number of carbonyl (C=O) groups excluding carboxylic acids is 1. The van der Waals surface area contributed by atoms with Crippen LogP contribution in [0.3, 0.4) is 0 Å². The SMILES string of the molecule is O=C(c1cccnc1)N1CC2(C1)[C@H](COCC1CC1)CCS2(=O)=O. The van der Waals surface area contributed by atoms with E-state index in [1.807, 2.05) is 0 Å². The Morgan fingerprint density at radius 1 is 1.29 bits per heavy atom. The van der Waals surface area contributed by atoms with Crippen molar-refractivity contribution in [1.29, 1.82) is 0 Å². The second kappa shape index (κ2) is 5.81. The molecular formula is C17H22N2O4S. The average Bonchev–Trinajstić information content (AvgIpc) is 3.31. The first kappa shape index (κ1) is 16.0. The number of nitrogens with zero attached hydrogens (tertiary/aromatic N) is 2. The zero-order valence-electron chi connectivity index (χ0n) is 13.6. The maximum atomic E-state index is 12.6. The summed E-state index contributed by atoms with van der Waals surface area (Å²) in [5.41, 5.74) is 0.504. The Balaban J connectivity index is 1.43. The van der Waals surface area contributed by atoms with E-state index in [0.717, 1.165) is 6.61 Å². The summed E-state index contributed by atoms with van der Waals surface area (Å²) in [7, 11) is -3.17. The van der Waals surface area contributed by atoms with Crippen LogP contribution >= 0.6 is 0 Å². The minimum absolute atomic E-state index is 0.000742. The summed E-state index contributed by atoms with van der Waals surface area (Å²) in [4.78, 5) is 18.0. The summed E-state index contributed by atoms with van der Waals surface area (Å²) >= 11 is 0. The molecule has 1 aromatic rings. The second-order valence-corrected chi connectivity index (χ2v) is 9.70. The van der Waals surface area contributed by atoms with Crippen LogP contribution in [0.2, 0.25) is 0 Å². The summed E-state index contributed by atoms with van der Waals surface area (Å²) in [5.74, 6) is 0.732. The van der Waals surface area contributed by atoms with Gasteiger partial charge in [0.15, 0.2) is 9.84 Å². The molecule has 1 aromatic heterocycles. The normalized spacial score (nSPS) is 27.2. The number of hydrogen-bond donors (Lipinski definition) is 0. The van der Waals surface area contributed by atoms with Crippen molar-refractivity contribution in [3.05, 3.63) is 30.1 Å². The molecule has 1 aliphatic carbocycles. The summed E-state index contributed by atoms with van der Waals surface area (Å²) < 4.78 is 30.1. The number of rotatable bonds is 5. The van der Waals surface area contributed by atoms with Crippen LogP contribution in [-0.4, -0.2) is 61.0 Å². The number of hydrogen-bond acceptors (Lipinski definition) is 5. The summed E-state index contributed by atoms with van der Waals surface area (Å²) in [6, 6.07) is 3.42. The van der Waals surface area contributed by atoms with Gasteiger partial charge in [0.1, 0.15) is 4.75 Å². The number of aromatic nitrogens is 1. The highest BCUT2D eigenvalue weighted by Gasteiger charge is 2.62. The van der Waals surface area contributed by atoms with Crippen molar-refractivity contribution in [2.75, 3.05) is 32.1 Å². The van der Waals surface area contributed by atoms with E-state index in [-0.39, 0.29) is 30.7 Å². The third-order valence-corrected chi connectivity index (χ3v) is 8.18. The van der Waals surface area contributed by atoms with Gasteiger partial charge in [-0.25, -0.2) is 8.42 Å². The quantitative estimate of drug-likeness (QED) is 0.796. The molecule has 1 spiro atoms. The minimum Gasteiger partial charge on any atom is -0.381 e. The number of likely N-dealkylation sites (tertiary alicyclic amines) is 1. The molecule has 0 aromatic carbocycles. The topological polar surface area (TPSA) is 76.6 Å². The average molecular weight is 350 g/mol. The Hall–Kier alpha value is -1.47. The second-order valence-electron chi connectivity index (χ2n) is 7.25. The Bertz CT molecular complexity index is 724. The van der Waals surface area contributed by atoms with Crippen molar-refractivity contribution < 1.29 is 17.9 Å². The highest BCUT2D eigenvalue weighted by atomic mass is 32.2. The Morgan fingerprint density at radius 2 is 2.08 bits per heavy atom. The van der Waals surface area contributed by atoms with Gasteiger partial charge in [0.25, 0.3) is 5.91 Å². The van der Waals surface area contributed by atoms with Crippen molar-refractivity contribution in [1.82, 2.24) is 9.88 Å². The predicted octanol–water partition coefficient (Wildman–Crippen LogP) is 1.14. The van der Waals surface area contributed by atoms with Crippen molar-refractivity contribution >= 4 is 15.7 Å². The highest BCUT2D eigenvalue weighted by molar-refractivity contribution is 7.93. The molecule has 1 atom stereocenters. The van der Waals surface area contributed by atoms with Gasteiger partial charge in [-0.3, -0.25) is 9.78 Å². The molecule has 3 fully saturated rings. The lowest BCUT2D eigenvalue weighted by Crippen LogP contribution is -2.68. The van der Waals surface area contributed by atoms with E-state index in [9.17, 15) is 13.2 Å². The van der Waals surface area contributed by atoms with Crippen LogP contribution in [0.4, 0.5) is 0 Å². The highest BCUT2D eigenvalue weighted by Crippen LogP contribution is 2.45. The van der Waals surface area contributed by atoms with Gasteiger partial charge in [0.05, 0.1) is 17.9 Å². The van der Waals surface area contributed by atoms with Crippen molar-refractivity contribution in [3.63, 3.8) is 0 Å². The van der Waals surface area contributed by atoms with Crippen LogP contribution in [0.15, 0.2) is 24.5 Å². The maximum Gasteiger partial charge on any atom is 0.255 e. The van der Waals surface area contributed by atoms with Crippen molar-refractivity contribution in [2.24, 2.45) is 11.8 Å². The molecule has 6 nitrogen and oxygen atoms in total. The smallest absolute Gasteiger partial charge is 0.255 e. The third-order valence-electron chi connectivity index (χ3n) is 5.58. The first-order valence-electron chi connectivity index (χ1n) is 8.51. The van der Waals surface area contributed by atoms with Gasteiger partial charge in [-0.2, -0.15) is 0 Å². The molecule has 0 N–H and O–H groups in total. The minimum atomic E-state index is -3.17. The molecule has 3 aliphatic rings. The lowest BCUT2D eigenvalue weighted by atomic mass is 9.83. The molecule has 130 valence electrons. The maximum absolute atomic E-state index is 12.6. The first-order chi connectivity index (χ1) is 11.5. The van der Waals surface area contributed by atoms with Crippen LogP contribution < -0.4 is 0 Å². The number of amides is 1. The number of carbonyl (C=O) groups is 1. The number of ether oxygens (including phenoxy) is 1. The van der Waals surface area contributed by atoms with E-state index < -0.39 is 14.6 Å². The van der Waals surface area contributed by atoms with Crippen LogP contribution in [0.1, 0.15) is 29.6 Å². The number of pyridine rings is 1. The Labute approximate surface area is 142 Å². The molecule has 0 radical (unpaired) electrons. The summed E-state index contributed by atoms with van der Waals surface area (Å²) in [6.45, 7) is 1.79. The van der Waals surface area contributed by atoms with Crippen LogP contribution in [0, 0.1) is 11.8 Å². The molecule has 1 amide bonds. The first-order valence-corrected chi connectivity index (χ1v) is 10.2. The monoisotopic (exact) mass is 350 g/mol. The fourth-order valence-electron chi connectivity index (χ4n) is 3.78.